The van der Waals surface area contributed by atoms with Crippen LogP contribution in [0.25, 0.3) is 27.5 Å². The standard InChI is InChI=1S/C30H35N10O11S.O.Tc/c31-17(25(45)37-19(9-21(42)43)26(46)38-20(12-52)29(50)51)7-5-16(41)6-8-18(28(48)49)36-24(44)13-1-3-14(4-2-13)33-10-15-11-34-23-22(35-15)27(47)40-30(32)39-23;;/h1-4,11,17-20,31H,5-10,12H2,(H11,32,33,34,36,37,38,39,40,42,43,44,45,46,47,48,49,50,51,52);;/q-1;;+4/p-3/t17-,18+,19-,20-;;/m0../s1/i;;1+1. The molecule has 0 unspecified atom stereocenters. The molecule has 0 fully saturated rings. The van der Waals surface area contributed by atoms with Gasteiger partial charge in [-0.1, -0.05) is 18.5 Å². The summed E-state index contributed by atoms with van der Waals surface area (Å²) in [5.41, 5.74) is 14.1. The zero-order valence-electron chi connectivity index (χ0n) is 27.8. The van der Waals surface area contributed by atoms with Crippen molar-refractivity contribution in [3.63, 3.8) is 0 Å². The number of nitrogens with zero attached hydrogens (tertiary/aromatic N) is 5. The molecule has 287 valence electrons. The average molecular weight is 856 g/mol. The van der Waals surface area contributed by atoms with E-state index in [1.807, 2.05) is 0 Å². The van der Waals surface area contributed by atoms with E-state index in [0.717, 1.165) is 18.9 Å². The number of nitrogens with one attached hydrogen (secondary N) is 4. The number of H-pyrrole nitrogens is 1. The molecule has 3 rings (SSSR count). The van der Waals surface area contributed by atoms with E-state index in [1.54, 1.807) is 12.1 Å². The first-order chi connectivity index (χ1) is 25.6. The third kappa shape index (κ3) is 14.0. The van der Waals surface area contributed by atoms with Gasteiger partial charge >= 0.3 is 34.3 Å². The molecule has 22 nitrogen and oxygen atoms in total. The van der Waals surface area contributed by atoms with E-state index < -0.39 is 89.7 Å². The molecule has 54 heavy (non-hydrogen) atoms. The van der Waals surface area contributed by atoms with Gasteiger partial charge in [0, 0.05) is 42.3 Å². The minimum atomic E-state index is -1.90. The molecular formula is C30H32N10O12STc. The van der Waals surface area contributed by atoms with Crippen LogP contribution in [0, 0.1) is 0 Å². The number of carbonyl (C=O) groups is 7. The molecule has 3 amide bonds. The predicted octanol–water partition coefficient (Wildman–Crippen LogP) is 0.163. The quantitative estimate of drug-likeness (QED) is 0.0744. The van der Waals surface area contributed by atoms with Gasteiger partial charge in [-0.2, -0.15) is 10.7 Å². The number of aliphatic carboxylic acids is 3. The van der Waals surface area contributed by atoms with Gasteiger partial charge < -0.3 is 70.3 Å². The van der Waals surface area contributed by atoms with Crippen molar-refractivity contribution in [2.45, 2.75) is 62.8 Å². The Labute approximate surface area is 320 Å². The van der Waals surface area contributed by atoms with Crippen LogP contribution in [0.5, 0.6) is 0 Å². The topological polar surface area (TPSA) is 371 Å². The van der Waals surface area contributed by atoms with E-state index in [-0.39, 0.29) is 48.5 Å². The van der Waals surface area contributed by atoms with Gasteiger partial charge in [0.15, 0.2) is 11.2 Å². The molecule has 4 atom stereocenters. The Kier molecular flexibility index (Phi) is 17.9. The van der Waals surface area contributed by atoms with Crippen molar-refractivity contribution in [1.29, 1.82) is 0 Å². The molecule has 1 aromatic carbocycles. The molecule has 0 saturated carbocycles. The maximum atomic E-state index is 12.8. The molecule has 24 heteroatoms. The van der Waals surface area contributed by atoms with Crippen LogP contribution in [-0.2, 0) is 70.3 Å². The number of nitrogens with two attached hydrogens (primary N) is 1. The van der Waals surface area contributed by atoms with Gasteiger partial charge in [0.05, 0.1) is 18.4 Å². The molecule has 2 aromatic heterocycles. The van der Waals surface area contributed by atoms with Gasteiger partial charge in [-0.05, 0) is 36.7 Å². The average Bonchev–Trinajstić information content (AvgIpc) is 3.13. The summed E-state index contributed by atoms with van der Waals surface area (Å²) >= 11 is 5.49. The summed E-state index contributed by atoms with van der Waals surface area (Å²) in [6.45, 7) is 0.156. The number of hydrogen-bond donors (Lipinski definition) is 7. The van der Waals surface area contributed by atoms with Gasteiger partial charge in [-0.25, -0.2) is 14.8 Å². The number of carboxylic acid groups (broad SMARTS) is 3. The molecule has 0 spiro atoms. The van der Waals surface area contributed by atoms with Crippen LogP contribution in [0.15, 0.2) is 35.3 Å². The molecule has 2 heterocycles. The zero-order valence-corrected chi connectivity index (χ0v) is 30.4. The number of nitrogen functional groups attached to an aromatic ring is 1. The number of Topliss-reactive ketones (excluding diaryl/α,β-unsaturated/α-hetero) is 1. The van der Waals surface area contributed by atoms with Crippen LogP contribution < -0.4 is 21.9 Å². The molecule has 0 radical (unpaired) electrons. The fourth-order valence-electron chi connectivity index (χ4n) is 4.35. The van der Waals surface area contributed by atoms with Crippen molar-refractivity contribution in [1.82, 2.24) is 25.3 Å². The Hall–Kier alpha value is -5.71. The van der Waals surface area contributed by atoms with Crippen molar-refractivity contribution >= 4 is 76.8 Å². The van der Waals surface area contributed by atoms with Crippen LogP contribution in [0.1, 0.15) is 48.2 Å². The predicted molar refractivity (Wildman–Crippen MR) is 184 cm³/mol. The molecule has 0 aliphatic heterocycles. The summed E-state index contributed by atoms with van der Waals surface area (Å²) in [4.78, 5) is 111. The Balaban J connectivity index is 0.00000495. The Morgan fingerprint density at radius 3 is 2.15 bits per heavy atom. The maximum absolute atomic E-state index is 12.8. The monoisotopic (exact) mass is 855 g/mol. The fraction of sp³-hybridized carbons (Fsp3) is 0.367. The third-order valence-electron chi connectivity index (χ3n) is 7.09. The van der Waals surface area contributed by atoms with Crippen LogP contribution in [-0.4, -0.2) is 107 Å². The number of rotatable bonds is 20. The molecular weight excluding hydrogens is 823 g/mol. The van der Waals surface area contributed by atoms with Crippen molar-refractivity contribution in [3.8, 4) is 0 Å². The van der Waals surface area contributed by atoms with Crippen molar-refractivity contribution in [2.75, 3.05) is 16.8 Å². The summed E-state index contributed by atoms with van der Waals surface area (Å²) < 4.78 is 8.22. The Morgan fingerprint density at radius 2 is 1.56 bits per heavy atom. The van der Waals surface area contributed by atoms with E-state index in [0.29, 0.717) is 11.4 Å². The zero-order chi connectivity index (χ0) is 40.5. The number of aromatic nitrogens is 4. The number of amides is 3. The summed E-state index contributed by atoms with van der Waals surface area (Å²) in [6.07, 6.45) is -1.04. The summed E-state index contributed by atoms with van der Waals surface area (Å²) in [7, 11) is 0. The van der Waals surface area contributed by atoms with Gasteiger partial charge in [0.1, 0.15) is 11.8 Å². The van der Waals surface area contributed by atoms with Gasteiger partial charge in [-0.15, -0.1) is 0 Å². The SMILES string of the molecule is [NH-][C@@H](CCC(=O)CC[C@@H](NC(=O)c1ccc(NCc2cnc3nc(N)[nH]c(=O)c3n2)cc1)C(=O)O)C(=O)[N-][C@@H](CC(=O)O)C(=O)[N-][C@@H](C[S-])C(=O)O.[O]=[99Tc+4]. The Morgan fingerprint density at radius 1 is 0.926 bits per heavy atom. The van der Waals surface area contributed by atoms with Gasteiger partial charge in [0.25, 0.3) is 17.4 Å². The first-order valence-electron chi connectivity index (χ1n) is 15.4. The molecule has 9 N–H and O–H groups in total. The van der Waals surface area contributed by atoms with Crippen molar-refractivity contribution < 1.29 is 71.2 Å². The van der Waals surface area contributed by atoms with Crippen LogP contribution in [0.4, 0.5) is 11.6 Å². The van der Waals surface area contributed by atoms with Gasteiger partial charge in [0.2, 0.25) is 5.95 Å². The second-order valence-electron chi connectivity index (χ2n) is 11.0. The molecule has 0 aliphatic carbocycles. The van der Waals surface area contributed by atoms with Crippen LogP contribution in [0.2, 0.25) is 0 Å². The number of aromatic amines is 1. The van der Waals surface area contributed by atoms with Crippen molar-refractivity contribution in [2.24, 2.45) is 0 Å². The summed E-state index contributed by atoms with van der Waals surface area (Å²) in [5, 5.41) is 39.7. The Bertz CT molecular complexity index is 1920. The van der Waals surface area contributed by atoms with E-state index in [4.69, 9.17) is 25.2 Å². The molecule has 3 aromatic rings. The number of anilines is 2. The minimum absolute atomic E-state index is 0.00544. The normalized spacial score (nSPS) is 12.8. The number of hydrogen-bond acceptors (Lipinski definition) is 15. The van der Waals surface area contributed by atoms with E-state index in [1.165, 1.54) is 18.3 Å². The van der Waals surface area contributed by atoms with E-state index >= 15 is 0 Å². The summed E-state index contributed by atoms with van der Waals surface area (Å²) in [6, 6.07) is -0.778. The number of carbonyl (C=O) groups excluding carboxylic acids is 4. The number of benzene rings is 1. The number of ketones is 1. The van der Waals surface area contributed by atoms with E-state index in [9.17, 15) is 43.5 Å². The van der Waals surface area contributed by atoms with Crippen LogP contribution in [0.3, 0.4) is 0 Å². The third-order valence-corrected chi connectivity index (χ3v) is 7.41. The molecule has 0 saturated heterocycles. The molecule has 0 bridgehead atoms. The summed E-state index contributed by atoms with van der Waals surface area (Å²) in [5.74, 6) is -8.94. The first kappa shape index (κ1) is 44.5. The van der Waals surface area contributed by atoms with Crippen LogP contribution >= 0.6 is 0 Å². The first-order valence-corrected chi connectivity index (χ1v) is 16.7. The van der Waals surface area contributed by atoms with Crippen molar-refractivity contribution in [3.05, 3.63) is 68.4 Å². The molecule has 0 aliphatic rings. The van der Waals surface area contributed by atoms with Gasteiger partial charge in [-0.3, -0.25) is 29.0 Å². The number of carboxylic acids is 3. The second kappa shape index (κ2) is 21.7. The van der Waals surface area contributed by atoms with E-state index in [2.05, 4.69) is 53.8 Å². The number of fused-ring (bicyclic) bond motifs is 1. The second-order valence-corrected chi connectivity index (χ2v) is 11.4. The fourth-order valence-corrected chi connectivity index (χ4v) is 4.56.